The lowest BCUT2D eigenvalue weighted by Gasteiger charge is -2.28. The minimum absolute atomic E-state index is 0.627. The summed E-state index contributed by atoms with van der Waals surface area (Å²) in [4.78, 5) is 4.04. The molecule has 0 saturated carbocycles. The summed E-state index contributed by atoms with van der Waals surface area (Å²) in [7, 11) is 4.70. The minimum atomic E-state index is -0.949. The number of pyridine rings is 1. The summed E-state index contributed by atoms with van der Waals surface area (Å²) in [5, 5.41) is 0. The van der Waals surface area contributed by atoms with Gasteiger partial charge in [0.05, 0.1) is 0 Å². The van der Waals surface area contributed by atoms with Crippen LogP contribution in [-0.2, 0) is 20.6 Å². The molecule has 84 valence electrons. The third-order valence-corrected chi connectivity index (χ3v) is 2.38. The summed E-state index contributed by atoms with van der Waals surface area (Å²) in [5.74, 6) is -0.949. The normalized spacial score (nSPS) is 11.7. The highest BCUT2D eigenvalue weighted by molar-refractivity contribution is 5.08. The molecule has 0 unspecified atom stereocenters. The number of ether oxygens (including phenoxy) is 3. The number of aryl methyl sites for hydroxylation is 1. The van der Waals surface area contributed by atoms with Gasteiger partial charge in [0.15, 0.2) is 0 Å². The molecule has 0 aliphatic rings. The molecule has 0 amide bonds. The van der Waals surface area contributed by atoms with Crippen LogP contribution in [0.5, 0.6) is 0 Å². The Bertz CT molecular complexity index is 264. The van der Waals surface area contributed by atoms with Crippen LogP contribution in [0.4, 0.5) is 0 Å². The van der Waals surface area contributed by atoms with E-state index in [1.165, 1.54) is 0 Å². The Balaban J connectivity index is 2.54. The molecule has 15 heavy (non-hydrogen) atoms. The standard InChI is InChI=1S/C11H17NO3/c1-13-11(14-2,15-3)7-6-10-5-4-8-12-9-10/h4-5,8-9H,6-7H2,1-3H3. The SMILES string of the molecule is COC(CCc1cccnc1)(OC)OC. The Morgan fingerprint density at radius 3 is 2.33 bits per heavy atom. The van der Waals surface area contributed by atoms with E-state index < -0.39 is 5.97 Å². The Morgan fingerprint density at radius 1 is 1.20 bits per heavy atom. The third-order valence-electron chi connectivity index (χ3n) is 2.38. The number of aromatic nitrogens is 1. The van der Waals surface area contributed by atoms with Gasteiger partial charge in [0.25, 0.3) is 5.97 Å². The van der Waals surface area contributed by atoms with Gasteiger partial charge in [-0.2, -0.15) is 0 Å². The van der Waals surface area contributed by atoms with Crippen molar-refractivity contribution in [3.05, 3.63) is 30.1 Å². The van der Waals surface area contributed by atoms with Crippen LogP contribution in [0.1, 0.15) is 12.0 Å². The van der Waals surface area contributed by atoms with Crippen LogP contribution in [0, 0.1) is 0 Å². The van der Waals surface area contributed by atoms with E-state index in [9.17, 15) is 0 Å². The Morgan fingerprint density at radius 2 is 1.87 bits per heavy atom. The van der Waals surface area contributed by atoms with Crippen LogP contribution in [0.25, 0.3) is 0 Å². The molecule has 1 rings (SSSR count). The lowest BCUT2D eigenvalue weighted by Crippen LogP contribution is -2.36. The molecule has 0 N–H and O–H groups in total. The van der Waals surface area contributed by atoms with E-state index in [1.807, 2.05) is 18.3 Å². The number of rotatable bonds is 6. The first-order valence-electron chi connectivity index (χ1n) is 4.80. The quantitative estimate of drug-likeness (QED) is 0.670. The Hall–Kier alpha value is -0.970. The zero-order valence-corrected chi connectivity index (χ0v) is 9.40. The highest BCUT2D eigenvalue weighted by Crippen LogP contribution is 2.19. The molecule has 0 aromatic carbocycles. The number of methoxy groups -OCH3 is 3. The molecule has 1 aromatic rings. The first kappa shape index (κ1) is 12.1. The summed E-state index contributed by atoms with van der Waals surface area (Å²) < 4.78 is 15.6. The molecule has 4 heteroatoms. The van der Waals surface area contributed by atoms with E-state index in [-0.39, 0.29) is 0 Å². The maximum Gasteiger partial charge on any atom is 0.282 e. The number of hydrogen-bond acceptors (Lipinski definition) is 4. The molecule has 0 aliphatic heterocycles. The second-order valence-electron chi connectivity index (χ2n) is 3.16. The predicted octanol–water partition coefficient (Wildman–Crippen LogP) is 1.61. The molecule has 0 spiro atoms. The van der Waals surface area contributed by atoms with Crippen molar-refractivity contribution in [2.75, 3.05) is 21.3 Å². The first-order valence-corrected chi connectivity index (χ1v) is 4.80. The highest BCUT2D eigenvalue weighted by Gasteiger charge is 2.28. The van der Waals surface area contributed by atoms with E-state index in [4.69, 9.17) is 14.2 Å². The molecule has 0 aliphatic carbocycles. The van der Waals surface area contributed by atoms with Gasteiger partial charge in [0, 0.05) is 40.1 Å². The maximum absolute atomic E-state index is 5.19. The predicted molar refractivity (Wildman–Crippen MR) is 56.3 cm³/mol. The summed E-state index contributed by atoms with van der Waals surface area (Å²) in [5.41, 5.74) is 1.13. The molecule has 1 heterocycles. The molecule has 0 atom stereocenters. The van der Waals surface area contributed by atoms with Gasteiger partial charge >= 0.3 is 0 Å². The second-order valence-corrected chi connectivity index (χ2v) is 3.16. The molecule has 1 aromatic heterocycles. The van der Waals surface area contributed by atoms with E-state index >= 15 is 0 Å². The van der Waals surface area contributed by atoms with Crippen LogP contribution in [0.15, 0.2) is 24.5 Å². The zero-order chi connectivity index (χ0) is 11.1. The summed E-state index contributed by atoms with van der Waals surface area (Å²) in [6.45, 7) is 0. The smallest absolute Gasteiger partial charge is 0.282 e. The van der Waals surface area contributed by atoms with Crippen molar-refractivity contribution in [2.45, 2.75) is 18.8 Å². The topological polar surface area (TPSA) is 40.6 Å². The monoisotopic (exact) mass is 211 g/mol. The van der Waals surface area contributed by atoms with Crippen LogP contribution in [0.2, 0.25) is 0 Å². The molecular formula is C11H17NO3. The van der Waals surface area contributed by atoms with Gasteiger partial charge in [-0.15, -0.1) is 0 Å². The first-order chi connectivity index (χ1) is 7.26. The number of nitrogens with zero attached hydrogens (tertiary/aromatic N) is 1. The van der Waals surface area contributed by atoms with Crippen molar-refractivity contribution in [3.8, 4) is 0 Å². The molecular weight excluding hydrogens is 194 g/mol. The third kappa shape index (κ3) is 3.27. The van der Waals surface area contributed by atoms with E-state index in [0.29, 0.717) is 6.42 Å². The van der Waals surface area contributed by atoms with Crippen LogP contribution in [-0.4, -0.2) is 32.3 Å². The molecule has 4 nitrogen and oxygen atoms in total. The molecule has 0 fully saturated rings. The maximum atomic E-state index is 5.19. The summed E-state index contributed by atoms with van der Waals surface area (Å²) >= 11 is 0. The largest absolute Gasteiger partial charge is 0.331 e. The fraction of sp³-hybridized carbons (Fsp3) is 0.545. The fourth-order valence-corrected chi connectivity index (χ4v) is 1.40. The average molecular weight is 211 g/mol. The summed E-state index contributed by atoms with van der Waals surface area (Å²) in [6.07, 6.45) is 5.00. The Kier molecular flexibility index (Phi) is 4.68. The van der Waals surface area contributed by atoms with Gasteiger partial charge < -0.3 is 14.2 Å². The number of hydrogen-bond donors (Lipinski definition) is 0. The molecule has 0 bridgehead atoms. The van der Waals surface area contributed by atoms with E-state index in [1.54, 1.807) is 27.5 Å². The van der Waals surface area contributed by atoms with Gasteiger partial charge in [-0.25, -0.2) is 0 Å². The van der Waals surface area contributed by atoms with Crippen LogP contribution < -0.4 is 0 Å². The Labute approximate surface area is 90.2 Å². The average Bonchev–Trinajstić information content (AvgIpc) is 2.33. The van der Waals surface area contributed by atoms with Crippen molar-refractivity contribution < 1.29 is 14.2 Å². The molecule has 0 radical (unpaired) electrons. The van der Waals surface area contributed by atoms with Crippen LogP contribution in [0.3, 0.4) is 0 Å². The lowest BCUT2D eigenvalue weighted by atomic mass is 10.1. The van der Waals surface area contributed by atoms with Gasteiger partial charge in [0.1, 0.15) is 0 Å². The fourth-order valence-electron chi connectivity index (χ4n) is 1.40. The van der Waals surface area contributed by atoms with E-state index in [0.717, 1.165) is 12.0 Å². The van der Waals surface area contributed by atoms with E-state index in [2.05, 4.69) is 4.98 Å². The van der Waals surface area contributed by atoms with Gasteiger partial charge in [-0.3, -0.25) is 4.98 Å². The van der Waals surface area contributed by atoms with Crippen molar-refractivity contribution in [1.82, 2.24) is 4.98 Å². The minimum Gasteiger partial charge on any atom is -0.331 e. The second kappa shape index (κ2) is 5.80. The van der Waals surface area contributed by atoms with Gasteiger partial charge in [0.2, 0.25) is 0 Å². The highest BCUT2D eigenvalue weighted by atomic mass is 16.9. The summed E-state index contributed by atoms with van der Waals surface area (Å²) in [6, 6.07) is 3.92. The van der Waals surface area contributed by atoms with Crippen molar-refractivity contribution in [1.29, 1.82) is 0 Å². The van der Waals surface area contributed by atoms with Gasteiger partial charge in [-0.1, -0.05) is 6.07 Å². The van der Waals surface area contributed by atoms with Crippen LogP contribution >= 0.6 is 0 Å². The molecule has 0 saturated heterocycles. The van der Waals surface area contributed by atoms with Gasteiger partial charge in [-0.05, 0) is 18.1 Å². The van der Waals surface area contributed by atoms with Crippen molar-refractivity contribution in [3.63, 3.8) is 0 Å². The van der Waals surface area contributed by atoms with Crippen molar-refractivity contribution >= 4 is 0 Å². The van der Waals surface area contributed by atoms with Crippen molar-refractivity contribution in [2.24, 2.45) is 0 Å². The zero-order valence-electron chi connectivity index (χ0n) is 9.40. The lowest BCUT2D eigenvalue weighted by molar-refractivity contribution is -0.354.